The second-order valence-corrected chi connectivity index (χ2v) is 6.70. The molecule has 0 saturated heterocycles. The van der Waals surface area contributed by atoms with Gasteiger partial charge in [-0.05, 0) is 24.3 Å². The lowest BCUT2D eigenvalue weighted by molar-refractivity contribution is 0.101. The fraction of sp³-hybridized carbons (Fsp3) is 0.100. The van der Waals surface area contributed by atoms with Crippen molar-refractivity contribution in [3.05, 3.63) is 83.0 Å². The maximum Gasteiger partial charge on any atom is 0.272 e. The van der Waals surface area contributed by atoms with E-state index in [4.69, 9.17) is 11.6 Å². The van der Waals surface area contributed by atoms with Crippen molar-refractivity contribution in [2.75, 3.05) is 5.32 Å². The van der Waals surface area contributed by atoms with Crippen molar-refractivity contribution in [2.24, 2.45) is 7.05 Å². The number of carbonyl (C=O) groups is 1. The van der Waals surface area contributed by atoms with E-state index >= 15 is 0 Å². The summed E-state index contributed by atoms with van der Waals surface area (Å²) in [4.78, 5) is 12.6. The topological polar surface area (TPSA) is 51.9 Å². The smallest absolute Gasteiger partial charge is 0.272 e. The van der Waals surface area contributed by atoms with Crippen molar-refractivity contribution in [3.63, 3.8) is 0 Å². The van der Waals surface area contributed by atoms with Crippen LogP contribution < -0.4 is 5.32 Å². The molecule has 4 aromatic rings. The summed E-state index contributed by atoms with van der Waals surface area (Å²) in [7, 11) is 1.81. The van der Waals surface area contributed by atoms with Gasteiger partial charge in [-0.15, -0.1) is 0 Å². The van der Waals surface area contributed by atoms with Gasteiger partial charge >= 0.3 is 0 Å². The van der Waals surface area contributed by atoms with E-state index in [0.717, 1.165) is 10.9 Å². The predicted molar refractivity (Wildman–Crippen MR) is 104 cm³/mol. The molecule has 5 nitrogen and oxygen atoms in total. The van der Waals surface area contributed by atoms with Gasteiger partial charge in [0.15, 0.2) is 0 Å². The van der Waals surface area contributed by atoms with Gasteiger partial charge in [0.1, 0.15) is 11.5 Å². The van der Waals surface area contributed by atoms with Crippen LogP contribution >= 0.6 is 11.6 Å². The first-order valence-electron chi connectivity index (χ1n) is 8.33. The fourth-order valence-corrected chi connectivity index (χ4v) is 3.20. The van der Waals surface area contributed by atoms with E-state index in [0.29, 0.717) is 22.0 Å². The summed E-state index contributed by atoms with van der Waals surface area (Å²) in [6.07, 6.45) is 3.21. The number of carbonyl (C=O) groups excluding carboxylic acids is 1. The number of anilines is 1. The van der Waals surface area contributed by atoms with E-state index in [1.54, 1.807) is 39.7 Å². The number of halogens is 2. The lowest BCUT2D eigenvalue weighted by Crippen LogP contribution is -2.15. The molecule has 1 amide bonds. The third-order valence-electron chi connectivity index (χ3n) is 4.42. The molecule has 0 aliphatic rings. The number of aromatic nitrogens is 3. The number of amides is 1. The van der Waals surface area contributed by atoms with Crippen LogP contribution in [0.2, 0.25) is 5.02 Å². The summed E-state index contributed by atoms with van der Waals surface area (Å²) < 4.78 is 17.1. The number of hydrogen-bond acceptors (Lipinski definition) is 2. The minimum absolute atomic E-state index is 0.254. The van der Waals surface area contributed by atoms with Crippen molar-refractivity contribution in [3.8, 4) is 0 Å². The Morgan fingerprint density at radius 3 is 2.85 bits per heavy atom. The largest absolute Gasteiger partial charge is 0.340 e. The normalized spacial score (nSPS) is 11.1. The number of nitrogens with zero attached hydrogens (tertiary/aromatic N) is 3. The molecular formula is C20H16ClFN4O. The van der Waals surface area contributed by atoms with E-state index in [1.807, 2.05) is 25.2 Å². The molecule has 27 heavy (non-hydrogen) atoms. The van der Waals surface area contributed by atoms with E-state index < -0.39 is 0 Å². The Hall–Kier alpha value is -3.12. The van der Waals surface area contributed by atoms with Gasteiger partial charge in [-0.2, -0.15) is 5.10 Å². The maximum atomic E-state index is 13.8. The van der Waals surface area contributed by atoms with Crippen molar-refractivity contribution < 1.29 is 9.18 Å². The SMILES string of the molecule is Cn1c(C(=O)Nc2cnn(Cc3ccccc3F)c2)cc2ccc(Cl)cc21. The molecule has 0 atom stereocenters. The van der Waals surface area contributed by atoms with Crippen LogP contribution in [-0.4, -0.2) is 20.3 Å². The Kier molecular flexibility index (Phi) is 4.41. The van der Waals surface area contributed by atoms with E-state index in [2.05, 4.69) is 10.4 Å². The van der Waals surface area contributed by atoms with E-state index in [9.17, 15) is 9.18 Å². The van der Waals surface area contributed by atoms with Gasteiger partial charge in [0.25, 0.3) is 5.91 Å². The van der Waals surface area contributed by atoms with Crippen molar-refractivity contribution in [2.45, 2.75) is 6.54 Å². The van der Waals surface area contributed by atoms with Gasteiger partial charge < -0.3 is 9.88 Å². The zero-order valence-corrected chi connectivity index (χ0v) is 15.2. The van der Waals surface area contributed by atoms with Crippen molar-refractivity contribution in [1.29, 1.82) is 0 Å². The third kappa shape index (κ3) is 3.44. The molecule has 136 valence electrons. The van der Waals surface area contributed by atoms with Gasteiger partial charge in [-0.1, -0.05) is 35.9 Å². The predicted octanol–water partition coefficient (Wildman–Crippen LogP) is 4.47. The van der Waals surface area contributed by atoms with Gasteiger partial charge in [0.2, 0.25) is 0 Å². The highest BCUT2D eigenvalue weighted by molar-refractivity contribution is 6.31. The molecule has 1 N–H and O–H groups in total. The lowest BCUT2D eigenvalue weighted by atomic mass is 10.2. The highest BCUT2D eigenvalue weighted by Crippen LogP contribution is 2.23. The number of hydrogen-bond donors (Lipinski definition) is 1. The minimum atomic E-state index is -0.284. The van der Waals surface area contributed by atoms with Gasteiger partial charge in [-0.3, -0.25) is 9.48 Å². The Labute approximate surface area is 160 Å². The number of benzene rings is 2. The molecule has 0 aliphatic heterocycles. The van der Waals surface area contributed by atoms with E-state index in [1.165, 1.54) is 12.3 Å². The van der Waals surface area contributed by atoms with Crippen LogP contribution in [0.1, 0.15) is 16.1 Å². The number of nitrogens with one attached hydrogen (secondary N) is 1. The molecule has 0 aliphatic carbocycles. The number of fused-ring (bicyclic) bond motifs is 1. The van der Waals surface area contributed by atoms with Crippen LogP contribution in [0, 0.1) is 5.82 Å². The number of aryl methyl sites for hydroxylation is 1. The highest BCUT2D eigenvalue weighted by Gasteiger charge is 2.15. The minimum Gasteiger partial charge on any atom is -0.340 e. The molecule has 7 heteroatoms. The Bertz CT molecular complexity index is 1150. The summed E-state index contributed by atoms with van der Waals surface area (Å²) in [5.41, 5.74) is 2.46. The molecule has 0 radical (unpaired) electrons. The van der Waals surface area contributed by atoms with Crippen LogP contribution in [0.3, 0.4) is 0 Å². The second kappa shape index (κ2) is 6.89. The average Bonchev–Trinajstić information content (AvgIpc) is 3.21. The molecule has 0 saturated carbocycles. The highest BCUT2D eigenvalue weighted by atomic mass is 35.5. The van der Waals surface area contributed by atoms with Crippen molar-refractivity contribution >= 4 is 34.1 Å². The molecule has 4 rings (SSSR count). The zero-order chi connectivity index (χ0) is 19.0. The molecule has 2 aromatic heterocycles. The molecule has 2 heterocycles. The summed E-state index contributed by atoms with van der Waals surface area (Å²) in [5.74, 6) is -0.539. The van der Waals surface area contributed by atoms with Crippen LogP contribution in [0.15, 0.2) is 60.9 Å². The average molecular weight is 383 g/mol. The van der Waals surface area contributed by atoms with Crippen LogP contribution in [0.4, 0.5) is 10.1 Å². The summed E-state index contributed by atoms with van der Waals surface area (Å²) in [6.45, 7) is 0.287. The van der Waals surface area contributed by atoms with Gasteiger partial charge in [0.05, 0.1) is 18.4 Å². The Morgan fingerprint density at radius 2 is 2.04 bits per heavy atom. The summed E-state index contributed by atoms with van der Waals surface area (Å²) in [5, 5.41) is 8.56. The fourth-order valence-electron chi connectivity index (χ4n) is 3.03. The zero-order valence-electron chi connectivity index (χ0n) is 14.5. The molecular weight excluding hydrogens is 367 g/mol. The molecule has 0 unspecified atom stereocenters. The standard InChI is InChI=1S/C20H16ClFN4O/c1-25-18-9-15(21)7-6-13(18)8-19(25)20(27)24-16-10-23-26(12-16)11-14-4-2-3-5-17(14)22/h2-10,12H,11H2,1H3,(H,24,27). The molecule has 0 fully saturated rings. The van der Waals surface area contributed by atoms with Crippen LogP contribution in [-0.2, 0) is 13.6 Å². The first-order valence-corrected chi connectivity index (χ1v) is 8.71. The first kappa shape index (κ1) is 17.3. The van der Waals surface area contributed by atoms with Crippen LogP contribution in [0.25, 0.3) is 10.9 Å². The number of rotatable bonds is 4. The Balaban J connectivity index is 1.53. The quantitative estimate of drug-likeness (QED) is 0.566. The first-order chi connectivity index (χ1) is 13.0. The maximum absolute atomic E-state index is 13.8. The summed E-state index contributed by atoms with van der Waals surface area (Å²) >= 11 is 6.04. The summed E-state index contributed by atoms with van der Waals surface area (Å²) in [6, 6.07) is 13.8. The molecule has 0 spiro atoms. The monoisotopic (exact) mass is 382 g/mol. The van der Waals surface area contributed by atoms with Crippen LogP contribution in [0.5, 0.6) is 0 Å². The third-order valence-corrected chi connectivity index (χ3v) is 4.66. The Morgan fingerprint density at radius 1 is 1.22 bits per heavy atom. The van der Waals surface area contributed by atoms with Gasteiger partial charge in [-0.25, -0.2) is 4.39 Å². The molecule has 2 aromatic carbocycles. The van der Waals surface area contributed by atoms with Crippen molar-refractivity contribution in [1.82, 2.24) is 14.3 Å². The molecule has 0 bridgehead atoms. The van der Waals surface area contributed by atoms with Gasteiger partial charge in [0, 0.05) is 34.7 Å². The lowest BCUT2D eigenvalue weighted by Gasteiger charge is -2.05. The second-order valence-electron chi connectivity index (χ2n) is 6.26. The van der Waals surface area contributed by atoms with E-state index in [-0.39, 0.29) is 18.3 Å².